The van der Waals surface area contributed by atoms with E-state index in [1.807, 2.05) is 12.1 Å². The molecule has 114 valence electrons. The molecule has 1 fully saturated rings. The molecule has 1 amide bonds. The van der Waals surface area contributed by atoms with Crippen molar-refractivity contribution in [3.63, 3.8) is 0 Å². The van der Waals surface area contributed by atoms with Crippen LogP contribution in [0.5, 0.6) is 0 Å². The van der Waals surface area contributed by atoms with Crippen LogP contribution < -0.4 is 5.32 Å². The van der Waals surface area contributed by atoms with E-state index < -0.39 is 11.4 Å². The summed E-state index contributed by atoms with van der Waals surface area (Å²) >= 11 is 0. The molecule has 1 aliphatic carbocycles. The molecule has 2 unspecified atom stereocenters. The van der Waals surface area contributed by atoms with Crippen molar-refractivity contribution in [1.29, 1.82) is 0 Å². The maximum Gasteiger partial charge on any atom is 0.311 e. The number of amides is 1. The van der Waals surface area contributed by atoms with Gasteiger partial charge in [0.25, 0.3) is 0 Å². The molecule has 1 aromatic heterocycles. The molecule has 0 radical (unpaired) electrons. The second-order valence-corrected chi connectivity index (χ2v) is 5.95. The number of aryl methyl sites for hydroxylation is 1. The van der Waals surface area contributed by atoms with Crippen molar-refractivity contribution in [3.8, 4) is 0 Å². The van der Waals surface area contributed by atoms with Crippen LogP contribution in [-0.4, -0.2) is 28.0 Å². The molecule has 2 rings (SSSR count). The van der Waals surface area contributed by atoms with Crippen molar-refractivity contribution in [2.45, 2.75) is 51.5 Å². The van der Waals surface area contributed by atoms with Crippen molar-refractivity contribution < 1.29 is 14.7 Å². The first-order valence-corrected chi connectivity index (χ1v) is 7.44. The number of carboxylic acids is 1. The molecule has 5 heteroatoms. The molecule has 0 spiro atoms. The first kappa shape index (κ1) is 15.5. The van der Waals surface area contributed by atoms with E-state index >= 15 is 0 Å². The highest BCUT2D eigenvalue weighted by Gasteiger charge is 2.43. The van der Waals surface area contributed by atoms with Gasteiger partial charge in [0.15, 0.2) is 0 Å². The van der Waals surface area contributed by atoms with Crippen molar-refractivity contribution in [2.24, 2.45) is 5.41 Å². The molecule has 0 bridgehead atoms. The van der Waals surface area contributed by atoms with Crippen LogP contribution in [0.15, 0.2) is 24.5 Å². The third-order valence-electron chi connectivity index (χ3n) is 4.40. The van der Waals surface area contributed by atoms with E-state index in [0.29, 0.717) is 19.3 Å². The van der Waals surface area contributed by atoms with Crippen molar-refractivity contribution in [3.05, 3.63) is 30.1 Å². The maximum absolute atomic E-state index is 12.1. The largest absolute Gasteiger partial charge is 0.481 e. The van der Waals surface area contributed by atoms with Gasteiger partial charge in [0, 0.05) is 24.9 Å². The zero-order valence-electron chi connectivity index (χ0n) is 12.3. The zero-order chi connectivity index (χ0) is 15.3. The Labute approximate surface area is 124 Å². The topological polar surface area (TPSA) is 79.3 Å². The smallest absolute Gasteiger partial charge is 0.311 e. The fraction of sp³-hybridized carbons (Fsp3) is 0.562. The van der Waals surface area contributed by atoms with Crippen LogP contribution in [0.3, 0.4) is 0 Å². The average Bonchev–Trinajstić information content (AvgIpc) is 2.48. The summed E-state index contributed by atoms with van der Waals surface area (Å²) in [6.45, 7) is 1.74. The Balaban J connectivity index is 1.90. The van der Waals surface area contributed by atoms with Gasteiger partial charge in [0.1, 0.15) is 0 Å². The SMILES string of the molecule is CC1(C(=O)O)CCCCC1NC(=O)CCc1cccnc1. The molecule has 1 aliphatic rings. The number of carboxylic acid groups (broad SMARTS) is 1. The number of aliphatic carboxylic acids is 1. The highest BCUT2D eigenvalue weighted by Crippen LogP contribution is 2.36. The summed E-state index contributed by atoms with van der Waals surface area (Å²) in [4.78, 5) is 27.6. The van der Waals surface area contributed by atoms with E-state index in [0.717, 1.165) is 24.8 Å². The number of hydrogen-bond donors (Lipinski definition) is 2. The lowest BCUT2D eigenvalue weighted by molar-refractivity contribution is -0.152. The Bertz CT molecular complexity index is 504. The fourth-order valence-corrected chi connectivity index (χ4v) is 2.89. The number of carbonyl (C=O) groups excluding carboxylic acids is 1. The Kier molecular flexibility index (Phi) is 4.94. The van der Waals surface area contributed by atoms with Crippen molar-refractivity contribution >= 4 is 11.9 Å². The van der Waals surface area contributed by atoms with Gasteiger partial charge in [-0.05, 0) is 37.8 Å². The lowest BCUT2D eigenvalue weighted by Crippen LogP contribution is -2.52. The lowest BCUT2D eigenvalue weighted by Gasteiger charge is -2.38. The zero-order valence-corrected chi connectivity index (χ0v) is 12.3. The molecule has 0 aromatic carbocycles. The predicted molar refractivity (Wildman–Crippen MR) is 78.7 cm³/mol. The van der Waals surface area contributed by atoms with E-state index in [1.165, 1.54) is 0 Å². The normalized spacial score (nSPS) is 25.3. The van der Waals surface area contributed by atoms with Crippen LogP contribution in [0.4, 0.5) is 0 Å². The van der Waals surface area contributed by atoms with E-state index in [-0.39, 0.29) is 11.9 Å². The first-order valence-electron chi connectivity index (χ1n) is 7.44. The molecular formula is C16H22N2O3. The second-order valence-electron chi connectivity index (χ2n) is 5.95. The van der Waals surface area contributed by atoms with Crippen molar-refractivity contribution in [2.75, 3.05) is 0 Å². The van der Waals surface area contributed by atoms with Crippen LogP contribution in [0, 0.1) is 5.41 Å². The number of pyridine rings is 1. The fourth-order valence-electron chi connectivity index (χ4n) is 2.89. The molecule has 1 heterocycles. The van der Waals surface area contributed by atoms with Crippen LogP contribution in [0.1, 0.15) is 44.6 Å². The number of hydrogen-bond acceptors (Lipinski definition) is 3. The number of rotatable bonds is 5. The minimum absolute atomic E-state index is 0.0850. The van der Waals surface area contributed by atoms with Crippen LogP contribution in [0.25, 0.3) is 0 Å². The van der Waals surface area contributed by atoms with Crippen molar-refractivity contribution in [1.82, 2.24) is 10.3 Å². The van der Waals surface area contributed by atoms with Gasteiger partial charge >= 0.3 is 5.97 Å². The van der Waals surface area contributed by atoms with E-state index in [2.05, 4.69) is 10.3 Å². The maximum atomic E-state index is 12.1. The molecule has 0 saturated heterocycles. The van der Waals surface area contributed by atoms with Gasteiger partial charge in [-0.15, -0.1) is 0 Å². The van der Waals surface area contributed by atoms with Crippen LogP contribution in [0.2, 0.25) is 0 Å². The van der Waals surface area contributed by atoms with Gasteiger partial charge < -0.3 is 10.4 Å². The number of nitrogens with one attached hydrogen (secondary N) is 1. The summed E-state index contributed by atoms with van der Waals surface area (Å²) < 4.78 is 0. The summed E-state index contributed by atoms with van der Waals surface area (Å²) in [6, 6.07) is 3.50. The quantitative estimate of drug-likeness (QED) is 0.871. The predicted octanol–water partition coefficient (Wildman–Crippen LogP) is 2.16. The Morgan fingerprint density at radius 1 is 1.48 bits per heavy atom. The molecule has 2 atom stereocenters. The third-order valence-corrected chi connectivity index (χ3v) is 4.40. The van der Waals surface area contributed by atoms with E-state index in [1.54, 1.807) is 19.3 Å². The highest BCUT2D eigenvalue weighted by atomic mass is 16.4. The Hall–Kier alpha value is -1.91. The molecule has 21 heavy (non-hydrogen) atoms. The number of aromatic nitrogens is 1. The van der Waals surface area contributed by atoms with Gasteiger partial charge in [-0.25, -0.2) is 0 Å². The first-order chi connectivity index (χ1) is 10.0. The molecule has 1 saturated carbocycles. The summed E-state index contributed by atoms with van der Waals surface area (Å²) in [5.41, 5.74) is 0.166. The summed E-state index contributed by atoms with van der Waals surface area (Å²) in [5.74, 6) is -0.905. The summed E-state index contributed by atoms with van der Waals surface area (Å²) in [7, 11) is 0. The number of nitrogens with zero attached hydrogens (tertiary/aromatic N) is 1. The second kappa shape index (κ2) is 6.70. The minimum Gasteiger partial charge on any atom is -0.481 e. The molecular weight excluding hydrogens is 268 g/mol. The van der Waals surface area contributed by atoms with Gasteiger partial charge in [-0.2, -0.15) is 0 Å². The average molecular weight is 290 g/mol. The Morgan fingerprint density at radius 3 is 2.95 bits per heavy atom. The number of carbonyl (C=O) groups is 2. The molecule has 2 N–H and O–H groups in total. The molecule has 5 nitrogen and oxygen atoms in total. The summed E-state index contributed by atoms with van der Waals surface area (Å²) in [6.07, 6.45) is 7.66. The van der Waals surface area contributed by atoms with Crippen LogP contribution >= 0.6 is 0 Å². The molecule has 1 aromatic rings. The van der Waals surface area contributed by atoms with Gasteiger partial charge in [-0.3, -0.25) is 14.6 Å². The monoisotopic (exact) mass is 290 g/mol. The van der Waals surface area contributed by atoms with Gasteiger partial charge in [-0.1, -0.05) is 18.9 Å². The van der Waals surface area contributed by atoms with E-state index in [4.69, 9.17) is 0 Å². The Morgan fingerprint density at radius 2 is 2.29 bits per heavy atom. The standard InChI is InChI=1S/C16H22N2O3/c1-16(15(20)21)9-3-2-6-13(16)18-14(19)8-7-12-5-4-10-17-11-12/h4-5,10-11,13H,2-3,6-9H2,1H3,(H,18,19)(H,20,21). The highest BCUT2D eigenvalue weighted by molar-refractivity contribution is 5.80. The van der Waals surface area contributed by atoms with Gasteiger partial charge in [0.05, 0.1) is 5.41 Å². The lowest BCUT2D eigenvalue weighted by atomic mass is 9.71. The minimum atomic E-state index is -0.845. The third kappa shape index (κ3) is 3.80. The van der Waals surface area contributed by atoms with E-state index in [9.17, 15) is 14.7 Å². The van der Waals surface area contributed by atoms with Gasteiger partial charge in [0.2, 0.25) is 5.91 Å². The van der Waals surface area contributed by atoms with Crippen LogP contribution in [-0.2, 0) is 16.0 Å². The summed E-state index contributed by atoms with van der Waals surface area (Å²) in [5, 5.41) is 12.4. The molecule has 0 aliphatic heterocycles.